The van der Waals surface area contributed by atoms with E-state index in [-0.39, 0.29) is 42.7 Å². The number of amides is 1. The van der Waals surface area contributed by atoms with Gasteiger partial charge in [-0.25, -0.2) is 27.9 Å². The minimum atomic E-state index is -1.29. The Labute approximate surface area is 272 Å². The number of methoxy groups -OCH3 is 1. The van der Waals surface area contributed by atoms with Crippen LogP contribution in [0, 0.1) is 23.4 Å². The van der Waals surface area contributed by atoms with Gasteiger partial charge in [-0.3, -0.25) is 0 Å². The van der Waals surface area contributed by atoms with E-state index in [0.29, 0.717) is 42.7 Å². The van der Waals surface area contributed by atoms with Crippen LogP contribution in [0.1, 0.15) is 71.2 Å². The minimum absolute atomic E-state index is 0.0634. The summed E-state index contributed by atoms with van der Waals surface area (Å²) in [5.74, 6) is -2.49. The molecule has 0 aliphatic carbocycles. The quantitative estimate of drug-likeness (QED) is 0.304. The van der Waals surface area contributed by atoms with E-state index in [2.05, 4.69) is 25.4 Å². The number of rotatable bonds is 9. The lowest BCUT2D eigenvalue weighted by molar-refractivity contribution is -0.00805. The molecule has 0 saturated carbocycles. The number of halogens is 3. The molecule has 0 radical (unpaired) electrons. The second-order valence-corrected chi connectivity index (χ2v) is 13.4. The number of piperidine rings is 1. The van der Waals surface area contributed by atoms with Gasteiger partial charge >= 0.3 is 12.1 Å². The highest BCUT2D eigenvalue weighted by Gasteiger charge is 2.39. The summed E-state index contributed by atoms with van der Waals surface area (Å²) < 4.78 is 65.7. The van der Waals surface area contributed by atoms with Crippen molar-refractivity contribution in [3.05, 3.63) is 53.4 Å². The van der Waals surface area contributed by atoms with Crippen molar-refractivity contribution in [2.45, 2.75) is 83.6 Å². The molecule has 1 aromatic carbocycles. The monoisotopic (exact) mass is 661 g/mol. The molecule has 15 heteroatoms. The predicted molar refractivity (Wildman–Crippen MR) is 166 cm³/mol. The summed E-state index contributed by atoms with van der Waals surface area (Å²) >= 11 is 0. The van der Waals surface area contributed by atoms with Gasteiger partial charge in [-0.15, -0.1) is 0 Å². The summed E-state index contributed by atoms with van der Waals surface area (Å²) in [5, 5.41) is 6.82. The van der Waals surface area contributed by atoms with E-state index in [1.807, 2.05) is 25.7 Å². The molecule has 2 aliphatic rings. The number of aromatic nitrogens is 4. The summed E-state index contributed by atoms with van der Waals surface area (Å²) in [6.45, 7) is 12.7. The molecule has 2 fully saturated rings. The zero-order chi connectivity index (χ0) is 34.0. The minimum Gasteiger partial charge on any atom is -0.487 e. The number of ether oxygens (including phenoxy) is 3. The van der Waals surface area contributed by atoms with Gasteiger partial charge in [-0.05, 0) is 45.7 Å². The van der Waals surface area contributed by atoms with Crippen molar-refractivity contribution in [2.24, 2.45) is 5.92 Å². The van der Waals surface area contributed by atoms with Gasteiger partial charge < -0.3 is 33.9 Å². The Morgan fingerprint density at radius 1 is 1.02 bits per heavy atom. The molecule has 2 saturated heterocycles. The second-order valence-electron chi connectivity index (χ2n) is 13.4. The highest BCUT2D eigenvalue weighted by atomic mass is 19.2. The molecule has 5 rings (SSSR count). The highest BCUT2D eigenvalue weighted by molar-refractivity contribution is 5.68. The maximum Gasteiger partial charge on any atom is 0.407 e. The van der Waals surface area contributed by atoms with Crippen molar-refractivity contribution in [3.63, 3.8) is 0 Å². The average molecular weight is 662 g/mol. The lowest BCUT2D eigenvalue weighted by Crippen LogP contribution is -2.49. The van der Waals surface area contributed by atoms with Crippen LogP contribution in [-0.4, -0.2) is 83.3 Å². The van der Waals surface area contributed by atoms with Crippen molar-refractivity contribution in [2.75, 3.05) is 43.1 Å². The zero-order valence-electron chi connectivity index (χ0n) is 27.7. The summed E-state index contributed by atoms with van der Waals surface area (Å²) in [5.41, 5.74) is -0.841. The zero-order valence-corrected chi connectivity index (χ0v) is 27.7. The normalized spacial score (nSPS) is 22.4. The molecule has 0 unspecified atom stereocenters. The fourth-order valence-electron chi connectivity index (χ4n) is 6.03. The van der Waals surface area contributed by atoms with E-state index in [9.17, 15) is 18.0 Å². The summed E-state index contributed by atoms with van der Waals surface area (Å²) in [6.07, 6.45) is 2.75. The predicted octanol–water partition coefficient (Wildman–Crippen LogP) is 5.21. The van der Waals surface area contributed by atoms with E-state index in [4.69, 9.17) is 18.7 Å². The number of carbonyl (C=O) groups excluding carboxylic acids is 1. The molecule has 2 aromatic heterocycles. The molecule has 47 heavy (non-hydrogen) atoms. The van der Waals surface area contributed by atoms with Crippen molar-refractivity contribution in [1.29, 1.82) is 0 Å². The molecule has 1 amide bonds. The number of benzene rings is 1. The first-order valence-electron chi connectivity index (χ1n) is 15.7. The number of hydrogen-bond donors (Lipinski definition) is 1. The van der Waals surface area contributed by atoms with Gasteiger partial charge in [0.05, 0.1) is 24.5 Å². The van der Waals surface area contributed by atoms with Crippen LogP contribution >= 0.6 is 0 Å². The third-order valence-electron chi connectivity index (χ3n) is 8.41. The Hall–Kier alpha value is -4.14. The van der Waals surface area contributed by atoms with Gasteiger partial charge in [0, 0.05) is 57.1 Å². The summed E-state index contributed by atoms with van der Waals surface area (Å²) in [7, 11) is 1.67. The van der Waals surface area contributed by atoms with Crippen molar-refractivity contribution in [1.82, 2.24) is 25.4 Å². The van der Waals surface area contributed by atoms with E-state index in [1.165, 1.54) is 0 Å². The number of nitrogens with one attached hydrogen (secondary N) is 1. The summed E-state index contributed by atoms with van der Waals surface area (Å²) in [6, 6.07) is 1.11. The van der Waals surface area contributed by atoms with Gasteiger partial charge in [0.2, 0.25) is 5.95 Å². The number of alkyl carbamates (subject to hydrolysis) is 1. The lowest BCUT2D eigenvalue weighted by atomic mass is 9.89. The first kappa shape index (κ1) is 34.2. The largest absolute Gasteiger partial charge is 0.487 e. The van der Waals surface area contributed by atoms with Crippen LogP contribution in [0.4, 0.5) is 29.9 Å². The van der Waals surface area contributed by atoms with Crippen molar-refractivity contribution in [3.8, 4) is 5.75 Å². The number of carbonyl (C=O) groups is 1. The average Bonchev–Trinajstić information content (AvgIpc) is 3.66. The molecular formula is C32H42F3N7O5. The maximum atomic E-state index is 14.9. The standard InChI is InChI=1S/C32H42F3N7O5/c1-17(2)28-39-30(47-40-28)41-9-8-20(27(16-41)44-7)18(3)45-19-12-36-29(37-13-19)42-14-22(21-10-24(34)25(35)11-23(21)33)26(15-42)38-31(43)46-32(4,5)6/h10-13,17-18,20,22,26-27H,8-9,14-16H2,1-7H3,(H,38,43)/t18-,20+,22+,26-,27+/m0/s1. The van der Waals surface area contributed by atoms with Crippen LogP contribution in [0.5, 0.6) is 5.75 Å². The molecule has 0 bridgehead atoms. The molecule has 1 N–H and O–H groups in total. The topological polar surface area (TPSA) is 128 Å². The van der Waals surface area contributed by atoms with Crippen molar-refractivity contribution >= 4 is 18.1 Å². The third kappa shape index (κ3) is 8.06. The van der Waals surface area contributed by atoms with Crippen LogP contribution in [0.2, 0.25) is 0 Å². The van der Waals surface area contributed by atoms with Gasteiger partial charge in [0.15, 0.2) is 23.2 Å². The lowest BCUT2D eigenvalue weighted by Gasteiger charge is -2.39. The van der Waals surface area contributed by atoms with Crippen LogP contribution in [-0.2, 0) is 9.47 Å². The Balaban J connectivity index is 1.25. The molecule has 2 aliphatic heterocycles. The number of nitrogens with zero attached hydrogens (tertiary/aromatic N) is 6. The third-order valence-corrected chi connectivity index (χ3v) is 8.41. The van der Waals surface area contributed by atoms with Crippen LogP contribution in [0.25, 0.3) is 0 Å². The summed E-state index contributed by atoms with van der Waals surface area (Å²) in [4.78, 5) is 29.8. The fraction of sp³-hybridized carbons (Fsp3) is 0.594. The van der Waals surface area contributed by atoms with Gasteiger partial charge in [0.25, 0.3) is 0 Å². The molecule has 5 atom stereocenters. The number of hydrogen-bond acceptors (Lipinski definition) is 11. The van der Waals surface area contributed by atoms with E-state index >= 15 is 0 Å². The fourth-order valence-corrected chi connectivity index (χ4v) is 6.03. The Morgan fingerprint density at radius 2 is 1.72 bits per heavy atom. The van der Waals surface area contributed by atoms with Gasteiger partial charge in [-0.2, -0.15) is 4.98 Å². The maximum absolute atomic E-state index is 14.9. The van der Waals surface area contributed by atoms with Gasteiger partial charge in [0.1, 0.15) is 17.5 Å². The van der Waals surface area contributed by atoms with Gasteiger partial charge in [-0.1, -0.05) is 19.0 Å². The van der Waals surface area contributed by atoms with Crippen molar-refractivity contribution < 1.29 is 36.7 Å². The Kier molecular flexibility index (Phi) is 10.1. The first-order chi connectivity index (χ1) is 22.2. The highest BCUT2D eigenvalue weighted by Crippen LogP contribution is 2.34. The van der Waals surface area contributed by atoms with E-state index < -0.39 is 41.1 Å². The molecule has 0 spiro atoms. The van der Waals surface area contributed by atoms with E-state index in [1.54, 1.807) is 45.2 Å². The smallest absolute Gasteiger partial charge is 0.407 e. The molecular weight excluding hydrogens is 619 g/mol. The van der Waals surface area contributed by atoms with Crippen LogP contribution in [0.3, 0.4) is 0 Å². The molecule has 3 aromatic rings. The van der Waals surface area contributed by atoms with Crippen LogP contribution in [0.15, 0.2) is 29.0 Å². The Bertz CT molecular complexity index is 1530. The molecule has 12 nitrogen and oxygen atoms in total. The van der Waals surface area contributed by atoms with Crippen LogP contribution < -0.4 is 19.9 Å². The molecule has 4 heterocycles. The first-order valence-corrected chi connectivity index (χ1v) is 15.7. The van der Waals surface area contributed by atoms with E-state index in [0.717, 1.165) is 12.5 Å². The number of anilines is 2. The Morgan fingerprint density at radius 3 is 2.36 bits per heavy atom. The SMILES string of the molecule is CO[C@@H]1CN(c2nc(C(C)C)no2)CC[C@@H]1[C@H](C)Oc1cnc(N2C[C@H](NC(=O)OC(C)(C)C)[C@@H](c3cc(F)c(F)cc3F)C2)nc1. The molecule has 256 valence electrons. The second kappa shape index (κ2) is 13.9.